The predicted molar refractivity (Wildman–Crippen MR) is 134 cm³/mol. The Morgan fingerprint density at radius 1 is 0.969 bits per heavy atom. The Bertz CT molecular complexity index is 1240. The predicted octanol–water partition coefficient (Wildman–Crippen LogP) is 6.93. The summed E-state index contributed by atoms with van der Waals surface area (Å²) in [7, 11) is 0. The highest BCUT2D eigenvalue weighted by Crippen LogP contribution is 2.32. The van der Waals surface area contributed by atoms with Crippen LogP contribution in [0.5, 0.6) is 0 Å². The van der Waals surface area contributed by atoms with Crippen molar-refractivity contribution in [2.45, 2.75) is 39.7 Å². The molecule has 0 unspecified atom stereocenters. The normalized spacial score (nSPS) is 11.5. The molecule has 3 nitrogen and oxygen atoms in total. The number of benzene rings is 3. The van der Waals surface area contributed by atoms with Gasteiger partial charge in [-0.15, -0.1) is 11.6 Å². The lowest BCUT2D eigenvalue weighted by Crippen LogP contribution is -2.06. The van der Waals surface area contributed by atoms with Gasteiger partial charge in [-0.3, -0.25) is 4.79 Å². The maximum absolute atomic E-state index is 13.3. The van der Waals surface area contributed by atoms with Crippen LogP contribution >= 0.6 is 11.6 Å². The molecule has 0 aliphatic rings. The molecule has 0 N–H and O–H groups in total. The van der Waals surface area contributed by atoms with E-state index in [1.807, 2.05) is 44.2 Å². The van der Waals surface area contributed by atoms with Gasteiger partial charge in [-0.25, -0.2) is 0 Å². The Morgan fingerprint density at radius 3 is 2.47 bits per heavy atom. The third-order valence-electron chi connectivity index (χ3n) is 6.09. The van der Waals surface area contributed by atoms with Crippen LogP contribution in [0, 0.1) is 6.92 Å². The van der Waals surface area contributed by atoms with Crippen molar-refractivity contribution in [2.75, 3.05) is 19.1 Å². The van der Waals surface area contributed by atoms with E-state index >= 15 is 0 Å². The van der Waals surface area contributed by atoms with Gasteiger partial charge in [-0.2, -0.15) is 0 Å². The molecule has 0 spiro atoms. The second-order valence-electron chi connectivity index (χ2n) is 8.22. The first-order chi connectivity index (χ1) is 15.6. The van der Waals surface area contributed by atoms with E-state index in [2.05, 4.69) is 34.9 Å². The van der Waals surface area contributed by atoms with E-state index < -0.39 is 0 Å². The van der Waals surface area contributed by atoms with Crippen LogP contribution in [0.25, 0.3) is 21.8 Å². The average Bonchev–Trinajstić information content (AvgIpc) is 3.12. The molecule has 0 bridgehead atoms. The van der Waals surface area contributed by atoms with Crippen molar-refractivity contribution in [3.63, 3.8) is 0 Å². The van der Waals surface area contributed by atoms with Gasteiger partial charge >= 0.3 is 0 Å². The number of fused-ring (bicyclic) bond motifs is 3. The summed E-state index contributed by atoms with van der Waals surface area (Å²) >= 11 is 5.87. The molecular formula is C28H30ClNO2. The number of rotatable bonds is 10. The maximum Gasteiger partial charge on any atom is 0.193 e. The highest BCUT2D eigenvalue weighted by atomic mass is 35.5. The molecule has 1 aromatic heterocycles. The van der Waals surface area contributed by atoms with Gasteiger partial charge in [0.1, 0.15) is 0 Å². The first-order valence-electron chi connectivity index (χ1n) is 11.4. The van der Waals surface area contributed by atoms with Crippen molar-refractivity contribution < 1.29 is 9.53 Å². The molecule has 0 saturated heterocycles. The van der Waals surface area contributed by atoms with Crippen LogP contribution in [0.4, 0.5) is 0 Å². The summed E-state index contributed by atoms with van der Waals surface area (Å²) in [6.45, 7) is 6.15. The van der Waals surface area contributed by atoms with Gasteiger partial charge < -0.3 is 9.30 Å². The van der Waals surface area contributed by atoms with E-state index in [0.29, 0.717) is 19.1 Å². The fourth-order valence-corrected chi connectivity index (χ4v) is 4.58. The van der Waals surface area contributed by atoms with Gasteiger partial charge in [0.15, 0.2) is 5.78 Å². The molecule has 0 radical (unpaired) electrons. The number of aryl methyl sites for hydroxylation is 2. The zero-order chi connectivity index (χ0) is 22.5. The van der Waals surface area contributed by atoms with Gasteiger partial charge in [-0.1, -0.05) is 30.3 Å². The molecule has 166 valence electrons. The number of aromatic nitrogens is 1. The molecule has 0 amide bonds. The molecular weight excluding hydrogens is 418 g/mol. The average molecular weight is 448 g/mol. The van der Waals surface area contributed by atoms with Crippen molar-refractivity contribution in [3.05, 3.63) is 82.9 Å². The summed E-state index contributed by atoms with van der Waals surface area (Å²) in [5.74, 6) is 0.766. The Kier molecular flexibility index (Phi) is 7.29. The monoisotopic (exact) mass is 447 g/mol. The molecule has 1 heterocycles. The van der Waals surface area contributed by atoms with Crippen molar-refractivity contribution in [2.24, 2.45) is 0 Å². The van der Waals surface area contributed by atoms with Crippen LogP contribution in [0.2, 0.25) is 0 Å². The molecule has 0 saturated carbocycles. The number of alkyl halides is 1. The molecule has 4 aromatic rings. The fourth-order valence-electron chi connectivity index (χ4n) is 4.40. The number of halogens is 1. The SMILES string of the molecule is CCOCCn1c2ccc(CCCCCl)cc2c2cc(C(=O)c3ccccc3C)ccc21. The minimum Gasteiger partial charge on any atom is -0.380 e. The second kappa shape index (κ2) is 10.3. The van der Waals surface area contributed by atoms with Crippen molar-refractivity contribution >= 4 is 39.2 Å². The van der Waals surface area contributed by atoms with Gasteiger partial charge in [0, 0.05) is 52.0 Å². The highest BCUT2D eigenvalue weighted by molar-refractivity contribution is 6.17. The van der Waals surface area contributed by atoms with Gasteiger partial charge in [0.2, 0.25) is 0 Å². The van der Waals surface area contributed by atoms with Crippen LogP contribution < -0.4 is 0 Å². The summed E-state index contributed by atoms with van der Waals surface area (Å²) in [5.41, 5.74) is 6.11. The Balaban J connectivity index is 1.81. The minimum atomic E-state index is 0.0680. The molecule has 4 rings (SSSR count). The first-order valence-corrected chi connectivity index (χ1v) is 12.0. The van der Waals surface area contributed by atoms with E-state index in [-0.39, 0.29) is 5.78 Å². The highest BCUT2D eigenvalue weighted by Gasteiger charge is 2.16. The summed E-state index contributed by atoms with van der Waals surface area (Å²) in [6, 6.07) is 20.6. The number of carbonyl (C=O) groups excluding carboxylic acids is 1. The summed E-state index contributed by atoms with van der Waals surface area (Å²) in [6.07, 6.45) is 3.11. The summed E-state index contributed by atoms with van der Waals surface area (Å²) in [4.78, 5) is 13.3. The summed E-state index contributed by atoms with van der Waals surface area (Å²) in [5, 5.41) is 2.31. The van der Waals surface area contributed by atoms with E-state index in [4.69, 9.17) is 16.3 Å². The number of ether oxygens (including phenoxy) is 1. The third kappa shape index (κ3) is 4.60. The minimum absolute atomic E-state index is 0.0680. The quantitative estimate of drug-likeness (QED) is 0.150. The van der Waals surface area contributed by atoms with E-state index in [1.165, 1.54) is 16.5 Å². The molecule has 0 fully saturated rings. The van der Waals surface area contributed by atoms with E-state index in [1.54, 1.807) is 0 Å². The van der Waals surface area contributed by atoms with Gasteiger partial charge in [0.25, 0.3) is 0 Å². The second-order valence-corrected chi connectivity index (χ2v) is 8.60. The molecule has 0 aliphatic heterocycles. The van der Waals surface area contributed by atoms with Crippen LogP contribution in [0.3, 0.4) is 0 Å². The zero-order valence-electron chi connectivity index (χ0n) is 18.9. The smallest absolute Gasteiger partial charge is 0.193 e. The standard InChI is InChI=1S/C28H30ClNO2/c1-3-32-17-16-30-26-13-11-21(9-6-7-15-29)18-24(26)25-19-22(12-14-27(25)30)28(31)23-10-5-4-8-20(23)2/h4-5,8,10-14,18-19H,3,6-7,9,15-17H2,1-2H3. The topological polar surface area (TPSA) is 31.2 Å². The van der Waals surface area contributed by atoms with Crippen LogP contribution in [-0.2, 0) is 17.7 Å². The molecule has 3 aromatic carbocycles. The maximum atomic E-state index is 13.3. The molecule has 4 heteroatoms. The first kappa shape index (κ1) is 22.6. The number of hydrogen-bond donors (Lipinski definition) is 0. The van der Waals surface area contributed by atoms with Crippen LogP contribution in [-0.4, -0.2) is 29.4 Å². The van der Waals surface area contributed by atoms with Crippen molar-refractivity contribution in [1.82, 2.24) is 4.57 Å². The number of ketones is 1. The van der Waals surface area contributed by atoms with Crippen molar-refractivity contribution in [3.8, 4) is 0 Å². The number of carbonyl (C=O) groups is 1. The number of hydrogen-bond acceptors (Lipinski definition) is 2. The van der Waals surface area contributed by atoms with Gasteiger partial charge in [-0.05, 0) is 74.6 Å². The Morgan fingerprint density at radius 2 is 1.72 bits per heavy atom. The number of nitrogens with zero attached hydrogens (tertiary/aromatic N) is 1. The molecule has 32 heavy (non-hydrogen) atoms. The molecule has 0 aliphatic carbocycles. The lowest BCUT2D eigenvalue weighted by molar-refractivity contribution is 0.103. The zero-order valence-corrected chi connectivity index (χ0v) is 19.6. The van der Waals surface area contributed by atoms with E-state index in [0.717, 1.165) is 53.4 Å². The lowest BCUT2D eigenvalue weighted by Gasteiger charge is -2.09. The van der Waals surface area contributed by atoms with E-state index in [9.17, 15) is 4.79 Å². The Hall–Kier alpha value is -2.62. The molecule has 0 atom stereocenters. The van der Waals surface area contributed by atoms with Crippen LogP contribution in [0.1, 0.15) is 46.8 Å². The van der Waals surface area contributed by atoms with Crippen molar-refractivity contribution in [1.29, 1.82) is 0 Å². The van der Waals surface area contributed by atoms with Gasteiger partial charge in [0.05, 0.1) is 6.61 Å². The third-order valence-corrected chi connectivity index (χ3v) is 6.36. The van der Waals surface area contributed by atoms with Crippen LogP contribution in [0.15, 0.2) is 60.7 Å². The number of unbranched alkanes of at least 4 members (excludes halogenated alkanes) is 1. The lowest BCUT2D eigenvalue weighted by atomic mass is 9.97. The Labute approximate surface area is 194 Å². The summed E-state index contributed by atoms with van der Waals surface area (Å²) < 4.78 is 7.95. The fraction of sp³-hybridized carbons (Fsp3) is 0.321. The largest absolute Gasteiger partial charge is 0.380 e.